The largest absolute Gasteiger partial charge is 0.439 e. The van der Waals surface area contributed by atoms with Gasteiger partial charge in [0.15, 0.2) is 9.30 Å². The van der Waals surface area contributed by atoms with E-state index in [1.807, 2.05) is 18.2 Å². The lowest BCUT2D eigenvalue weighted by molar-refractivity contribution is -0.894. The van der Waals surface area contributed by atoms with Gasteiger partial charge in [-0.3, -0.25) is 0 Å². The molecule has 0 spiro atoms. The molecule has 0 saturated carbocycles. The van der Waals surface area contributed by atoms with Crippen molar-refractivity contribution >= 4 is 50.9 Å². The number of hydrogen-bond donors (Lipinski definition) is 0. The number of ether oxygens (including phenoxy) is 1. The summed E-state index contributed by atoms with van der Waals surface area (Å²) in [6.45, 7) is 0. The first-order chi connectivity index (χ1) is 9.28. The third-order valence-electron chi connectivity index (χ3n) is 3.68. The first-order valence-corrected chi connectivity index (χ1v) is 9.19. The number of halogens is 2. The molecule has 1 heterocycles. The van der Waals surface area contributed by atoms with Gasteiger partial charge in [0.1, 0.15) is 0 Å². The first-order valence-electron chi connectivity index (χ1n) is 6.58. The van der Waals surface area contributed by atoms with E-state index in [1.165, 1.54) is 0 Å². The predicted octanol–water partition coefficient (Wildman–Crippen LogP) is 4.02. The Kier molecular flexibility index (Phi) is 4.91. The molecule has 2 rings (SSSR count). The van der Waals surface area contributed by atoms with Gasteiger partial charge in [-0.25, -0.2) is 0 Å². The summed E-state index contributed by atoms with van der Waals surface area (Å²) in [4.78, 5) is 2.13. The van der Waals surface area contributed by atoms with Crippen LogP contribution in [0.1, 0.15) is 6.42 Å². The minimum atomic E-state index is 0.0184. The molecule has 1 unspecified atom stereocenters. The molecular weight excluding hydrogens is 478 g/mol. The number of quaternary nitrogens is 1. The Hall–Kier alpha value is -0.0200. The fourth-order valence-corrected chi connectivity index (χ4v) is 4.56. The summed E-state index contributed by atoms with van der Waals surface area (Å²) < 4.78 is 8.03. The smallest absolute Gasteiger partial charge is 0.203 e. The van der Waals surface area contributed by atoms with Gasteiger partial charge in [0, 0.05) is 24.0 Å². The highest BCUT2D eigenvalue weighted by atomic mass is 127. The number of alkyl halides is 2. The van der Waals surface area contributed by atoms with E-state index in [9.17, 15) is 0 Å². The zero-order valence-corrected chi connectivity index (χ0v) is 16.7. The molecule has 0 amide bonds. The first kappa shape index (κ1) is 16.4. The molecule has 1 aromatic carbocycles. The van der Waals surface area contributed by atoms with E-state index in [1.54, 1.807) is 0 Å². The van der Waals surface area contributed by atoms with Gasteiger partial charge in [-0.15, -0.1) is 0 Å². The molecule has 1 aliphatic rings. The maximum Gasteiger partial charge on any atom is 0.203 e. The van der Waals surface area contributed by atoms with Crippen LogP contribution < -0.4 is 9.64 Å². The number of anilines is 1. The van der Waals surface area contributed by atoms with Crippen LogP contribution in [0.2, 0.25) is 0 Å². The van der Waals surface area contributed by atoms with Crippen LogP contribution in [0.25, 0.3) is 0 Å². The quantitative estimate of drug-likeness (QED) is 0.269. The molecule has 1 aromatic rings. The molecule has 0 radical (unpaired) electrons. The molecule has 1 atom stereocenters. The van der Waals surface area contributed by atoms with E-state index in [2.05, 4.69) is 90.4 Å². The van der Waals surface area contributed by atoms with Crippen LogP contribution in [0.5, 0.6) is 5.75 Å². The Morgan fingerprint density at radius 3 is 2.50 bits per heavy atom. The van der Waals surface area contributed by atoms with Crippen molar-refractivity contribution in [3.8, 4) is 5.75 Å². The van der Waals surface area contributed by atoms with Crippen LogP contribution in [-0.2, 0) is 0 Å². The summed E-state index contributed by atoms with van der Waals surface area (Å²) in [7, 11) is 8.77. The van der Waals surface area contributed by atoms with E-state index in [4.69, 9.17) is 4.74 Å². The molecule has 0 fully saturated rings. The zero-order valence-electron chi connectivity index (χ0n) is 12.4. The van der Waals surface area contributed by atoms with Crippen LogP contribution >= 0.6 is 45.2 Å². The number of likely N-dealkylation sites (N-methyl/N-ethyl adjacent to an activating group) is 1. The summed E-state index contributed by atoms with van der Waals surface area (Å²) in [5.41, 5.74) is 1.13. The predicted molar refractivity (Wildman–Crippen MR) is 102 cm³/mol. The third-order valence-corrected chi connectivity index (χ3v) is 6.51. The average Bonchev–Trinajstić information content (AvgIpc) is 2.66. The molecule has 0 saturated heterocycles. The van der Waals surface area contributed by atoms with Gasteiger partial charge in [-0.1, -0.05) is 34.7 Å². The van der Waals surface area contributed by atoms with E-state index in [-0.39, 0.29) is 3.55 Å². The Bertz CT molecular complexity index is 525. The highest BCUT2D eigenvalue weighted by Crippen LogP contribution is 2.41. The lowest BCUT2D eigenvalue weighted by Gasteiger charge is -2.40. The van der Waals surface area contributed by atoms with Gasteiger partial charge in [0.25, 0.3) is 0 Å². The number of para-hydroxylation sites is 2. The van der Waals surface area contributed by atoms with Gasteiger partial charge >= 0.3 is 0 Å². The lowest BCUT2D eigenvalue weighted by Crippen LogP contribution is -2.52. The van der Waals surface area contributed by atoms with E-state index in [0.717, 1.165) is 32.7 Å². The Balaban J connectivity index is 2.36. The van der Waals surface area contributed by atoms with Crippen molar-refractivity contribution in [2.45, 2.75) is 9.97 Å². The Labute approximate surface area is 148 Å². The van der Waals surface area contributed by atoms with Gasteiger partial charge in [-0.05, 0) is 34.7 Å². The highest BCUT2D eigenvalue weighted by molar-refractivity contribution is 14.1. The monoisotopic (exact) mass is 499 g/mol. The van der Waals surface area contributed by atoms with Crippen LogP contribution in [0.4, 0.5) is 5.69 Å². The second kappa shape index (κ2) is 6.00. The van der Waals surface area contributed by atoms with E-state index >= 15 is 0 Å². The van der Waals surface area contributed by atoms with Crippen molar-refractivity contribution in [3.05, 3.63) is 36.2 Å². The van der Waals surface area contributed by atoms with Crippen LogP contribution in [0.15, 0.2) is 36.2 Å². The third kappa shape index (κ3) is 3.09. The van der Waals surface area contributed by atoms with Gasteiger partial charge < -0.3 is 14.1 Å². The summed E-state index contributed by atoms with van der Waals surface area (Å²) in [6, 6.07) is 8.17. The molecule has 5 heteroatoms. The molecule has 0 aromatic heterocycles. The summed E-state index contributed by atoms with van der Waals surface area (Å²) >= 11 is 5.01. The molecule has 0 aliphatic carbocycles. The van der Waals surface area contributed by atoms with Crippen LogP contribution in [0, 0.1) is 0 Å². The fraction of sp³-hybridized carbons (Fsp3) is 0.467. The fourth-order valence-electron chi connectivity index (χ4n) is 2.17. The van der Waals surface area contributed by atoms with Crippen LogP contribution in [-0.4, -0.2) is 40.6 Å². The van der Waals surface area contributed by atoms with Crippen molar-refractivity contribution in [3.63, 3.8) is 0 Å². The number of rotatable bonds is 4. The minimum absolute atomic E-state index is 0.0184. The molecule has 110 valence electrons. The lowest BCUT2D eigenvalue weighted by atomic mass is 10.1. The number of benzene rings is 1. The molecule has 0 bridgehead atoms. The van der Waals surface area contributed by atoms with Gasteiger partial charge in [-0.2, -0.15) is 0 Å². The normalized spacial score (nSPS) is 19.7. The highest BCUT2D eigenvalue weighted by Gasteiger charge is 2.40. The molecule has 3 nitrogen and oxygen atoms in total. The molecule has 20 heavy (non-hydrogen) atoms. The second-order valence-corrected chi connectivity index (χ2v) is 8.83. The summed E-state index contributed by atoms with van der Waals surface area (Å²) in [6.07, 6.45) is 3.38. The topological polar surface area (TPSA) is 12.5 Å². The number of fused-ring (bicyclic) bond motifs is 1. The number of nitrogens with zero attached hydrogens (tertiary/aromatic N) is 2. The maximum absolute atomic E-state index is 6.03. The molecular formula is C15H21I2N2O+. The SMILES string of the molecule is CN1C(=CC(I)(CCI)[N+](C)(C)C)Oc2ccccc21. The van der Waals surface area contributed by atoms with Crippen LogP contribution in [0.3, 0.4) is 0 Å². The van der Waals surface area contributed by atoms with Gasteiger partial charge in [0.05, 0.1) is 26.8 Å². The maximum atomic E-state index is 6.03. The molecule has 0 N–H and O–H groups in total. The summed E-state index contributed by atoms with van der Waals surface area (Å²) in [5.74, 6) is 1.87. The van der Waals surface area contributed by atoms with E-state index < -0.39 is 0 Å². The van der Waals surface area contributed by atoms with Crippen molar-refractivity contribution in [2.24, 2.45) is 0 Å². The second-order valence-electron chi connectivity index (χ2n) is 5.88. The Morgan fingerprint density at radius 1 is 1.30 bits per heavy atom. The van der Waals surface area contributed by atoms with Gasteiger partial charge in [0.2, 0.25) is 5.88 Å². The average molecular weight is 499 g/mol. The van der Waals surface area contributed by atoms with Crippen molar-refractivity contribution in [1.29, 1.82) is 0 Å². The Morgan fingerprint density at radius 2 is 1.95 bits per heavy atom. The van der Waals surface area contributed by atoms with E-state index in [0.29, 0.717) is 0 Å². The van der Waals surface area contributed by atoms with Crippen molar-refractivity contribution in [1.82, 2.24) is 0 Å². The number of hydrogen-bond acceptors (Lipinski definition) is 2. The van der Waals surface area contributed by atoms with Crippen molar-refractivity contribution in [2.75, 3.05) is 37.5 Å². The molecule has 1 aliphatic heterocycles. The minimum Gasteiger partial charge on any atom is -0.439 e. The standard InChI is InChI=1S/C15H21I2N2O/c1-18-12-7-5-6-8-13(12)20-14(18)11-15(17,9-10-16)19(2,3)4/h5-8,11H,9-10H2,1-4H3/q+1. The van der Waals surface area contributed by atoms with Crippen molar-refractivity contribution < 1.29 is 9.22 Å². The summed E-state index contributed by atoms with van der Waals surface area (Å²) in [5, 5.41) is 0. The zero-order chi connectivity index (χ0) is 15.0.